The monoisotopic (exact) mass is 464 g/mol. The van der Waals surface area contributed by atoms with Crippen molar-refractivity contribution in [1.29, 1.82) is 0 Å². The highest BCUT2D eigenvalue weighted by atomic mass is 32.2. The Bertz CT molecular complexity index is 1180. The molecule has 1 saturated heterocycles. The quantitative estimate of drug-likeness (QED) is 0.391. The molecule has 0 N–H and O–H groups in total. The van der Waals surface area contributed by atoms with Crippen molar-refractivity contribution >= 4 is 38.7 Å². The van der Waals surface area contributed by atoms with Gasteiger partial charge < -0.3 is 9.13 Å². The molecule has 7 nitrogen and oxygen atoms in total. The number of nitrogens with zero attached hydrogens (tertiary/aromatic N) is 4. The van der Waals surface area contributed by atoms with E-state index in [0.717, 1.165) is 33.8 Å². The first-order chi connectivity index (χ1) is 14.3. The molecule has 4 rings (SSSR count). The van der Waals surface area contributed by atoms with Crippen molar-refractivity contribution in [2.24, 2.45) is 0 Å². The maximum absolute atomic E-state index is 13.0. The van der Waals surface area contributed by atoms with E-state index in [-0.39, 0.29) is 29.1 Å². The largest absolute Gasteiger partial charge is 0.344 e. The fourth-order valence-electron chi connectivity index (χ4n) is 4.08. The molecule has 0 saturated carbocycles. The van der Waals surface area contributed by atoms with Gasteiger partial charge in [-0.3, -0.25) is 4.79 Å². The first kappa shape index (κ1) is 21.3. The third kappa shape index (κ3) is 4.00. The van der Waals surface area contributed by atoms with Crippen LogP contribution in [-0.2, 0) is 16.4 Å². The third-order valence-corrected chi connectivity index (χ3v) is 9.05. The van der Waals surface area contributed by atoms with Crippen LogP contribution >= 0.6 is 23.1 Å². The van der Waals surface area contributed by atoms with E-state index in [2.05, 4.69) is 10.2 Å². The number of aryl methyl sites for hydroxylation is 1. The van der Waals surface area contributed by atoms with E-state index in [1.54, 1.807) is 11.3 Å². The summed E-state index contributed by atoms with van der Waals surface area (Å²) in [5.41, 5.74) is 2.43. The summed E-state index contributed by atoms with van der Waals surface area (Å²) in [5, 5.41) is 11.3. The molecule has 0 bridgehead atoms. The number of aromatic nitrogens is 4. The van der Waals surface area contributed by atoms with E-state index in [1.165, 1.54) is 11.8 Å². The Kier molecular flexibility index (Phi) is 5.91. The minimum Gasteiger partial charge on any atom is -0.344 e. The van der Waals surface area contributed by atoms with Crippen molar-refractivity contribution in [2.75, 3.05) is 17.3 Å². The lowest BCUT2D eigenvalue weighted by Crippen LogP contribution is -2.14. The second-order valence-corrected chi connectivity index (χ2v) is 11.6. The summed E-state index contributed by atoms with van der Waals surface area (Å²) in [6.07, 6.45) is 0.603. The van der Waals surface area contributed by atoms with Crippen LogP contribution in [0.4, 0.5) is 0 Å². The number of carbonyl (C=O) groups is 1. The van der Waals surface area contributed by atoms with Crippen molar-refractivity contribution in [3.63, 3.8) is 0 Å². The van der Waals surface area contributed by atoms with Crippen LogP contribution in [0.5, 0.6) is 0 Å². The van der Waals surface area contributed by atoms with Gasteiger partial charge in [-0.05, 0) is 44.7 Å². The smallest absolute Gasteiger partial charge is 0.191 e. The number of thiophene rings is 1. The van der Waals surface area contributed by atoms with E-state index in [9.17, 15) is 13.2 Å². The number of rotatable bonds is 7. The van der Waals surface area contributed by atoms with E-state index >= 15 is 0 Å². The first-order valence-corrected chi connectivity index (χ1v) is 13.5. The van der Waals surface area contributed by atoms with Gasteiger partial charge in [-0.1, -0.05) is 17.8 Å². The number of ketones is 1. The predicted octanol–water partition coefficient (Wildman–Crippen LogP) is 3.78. The summed E-state index contributed by atoms with van der Waals surface area (Å²) in [5.74, 6) is 1.46. The molecule has 0 aliphatic carbocycles. The molecule has 0 amide bonds. The van der Waals surface area contributed by atoms with Crippen LogP contribution in [0.15, 0.2) is 28.7 Å². The molecular weight excluding hydrogens is 440 g/mol. The van der Waals surface area contributed by atoms with Gasteiger partial charge in [-0.2, -0.15) is 0 Å². The zero-order valence-electron chi connectivity index (χ0n) is 17.2. The van der Waals surface area contributed by atoms with Gasteiger partial charge >= 0.3 is 0 Å². The van der Waals surface area contributed by atoms with Gasteiger partial charge in [0.25, 0.3) is 0 Å². The van der Waals surface area contributed by atoms with Gasteiger partial charge in [0.05, 0.1) is 22.1 Å². The summed E-state index contributed by atoms with van der Waals surface area (Å²) in [6.45, 7) is 6.60. The normalized spacial score (nSPS) is 18.2. The molecule has 1 unspecified atom stereocenters. The van der Waals surface area contributed by atoms with Crippen LogP contribution in [0.3, 0.4) is 0 Å². The Morgan fingerprint density at radius 3 is 2.77 bits per heavy atom. The number of hydrogen-bond acceptors (Lipinski definition) is 7. The molecule has 1 aliphatic rings. The molecule has 1 fully saturated rings. The number of hydrogen-bond donors (Lipinski definition) is 0. The molecule has 10 heteroatoms. The van der Waals surface area contributed by atoms with Crippen molar-refractivity contribution in [3.8, 4) is 10.7 Å². The van der Waals surface area contributed by atoms with Gasteiger partial charge in [0.1, 0.15) is 0 Å². The lowest BCUT2D eigenvalue weighted by atomic mass is 10.2. The average molecular weight is 465 g/mol. The molecule has 160 valence electrons. The lowest BCUT2D eigenvalue weighted by molar-refractivity contribution is 0.102. The van der Waals surface area contributed by atoms with Crippen LogP contribution in [0.25, 0.3) is 10.7 Å². The molecule has 0 spiro atoms. The van der Waals surface area contributed by atoms with Crippen LogP contribution < -0.4 is 0 Å². The van der Waals surface area contributed by atoms with Crippen molar-refractivity contribution in [2.45, 2.75) is 44.9 Å². The predicted molar refractivity (Wildman–Crippen MR) is 120 cm³/mol. The fraction of sp³-hybridized carbons (Fsp3) is 0.450. The summed E-state index contributed by atoms with van der Waals surface area (Å²) >= 11 is 3.00. The van der Waals surface area contributed by atoms with Crippen molar-refractivity contribution in [1.82, 2.24) is 19.3 Å². The Balaban J connectivity index is 1.51. The second kappa shape index (κ2) is 8.32. The minimum atomic E-state index is -2.99. The molecule has 0 radical (unpaired) electrons. The van der Waals surface area contributed by atoms with Crippen molar-refractivity contribution in [3.05, 3.63) is 40.5 Å². The summed E-state index contributed by atoms with van der Waals surface area (Å²) in [6, 6.07) is 5.79. The van der Waals surface area contributed by atoms with E-state index in [1.807, 2.05) is 53.5 Å². The van der Waals surface area contributed by atoms with Gasteiger partial charge in [-0.15, -0.1) is 21.5 Å². The molecule has 4 heterocycles. The van der Waals surface area contributed by atoms with E-state index < -0.39 is 9.84 Å². The topological polar surface area (TPSA) is 86.9 Å². The Morgan fingerprint density at radius 2 is 2.13 bits per heavy atom. The van der Waals surface area contributed by atoms with E-state index in [4.69, 9.17) is 0 Å². The van der Waals surface area contributed by atoms with Crippen LogP contribution in [0.2, 0.25) is 0 Å². The number of sulfone groups is 1. The van der Waals surface area contributed by atoms with Gasteiger partial charge in [0.2, 0.25) is 0 Å². The molecule has 0 aromatic carbocycles. The number of carbonyl (C=O) groups excluding carboxylic acids is 1. The standard InChI is InChI=1S/C20H24N4O3S3/c1-4-23-19(18-6-5-8-28-18)21-22-20(23)29-11-17(25)16-10-13(2)24(14(16)3)15-7-9-30(26,27)12-15/h5-6,8,10,15H,4,7,9,11-12H2,1-3H3. The Hall–Kier alpha value is -1.91. The zero-order valence-corrected chi connectivity index (χ0v) is 19.6. The SMILES string of the molecule is CCn1c(SCC(=O)c2cc(C)n(C3CCS(=O)(=O)C3)c2C)nnc1-c1cccs1. The van der Waals surface area contributed by atoms with Gasteiger partial charge in [-0.25, -0.2) is 8.42 Å². The highest BCUT2D eigenvalue weighted by Gasteiger charge is 2.31. The summed E-state index contributed by atoms with van der Waals surface area (Å²) in [4.78, 5) is 14.0. The van der Waals surface area contributed by atoms with E-state index in [0.29, 0.717) is 12.0 Å². The van der Waals surface area contributed by atoms with Crippen LogP contribution in [0, 0.1) is 13.8 Å². The number of Topliss-reactive ketones (excluding diaryl/α,β-unsaturated/α-hetero) is 1. The van der Waals surface area contributed by atoms with Gasteiger partial charge in [0.15, 0.2) is 26.6 Å². The molecule has 30 heavy (non-hydrogen) atoms. The second-order valence-electron chi connectivity index (χ2n) is 7.45. The third-order valence-electron chi connectivity index (χ3n) is 5.47. The maximum atomic E-state index is 13.0. The van der Waals surface area contributed by atoms with Crippen LogP contribution in [-0.4, -0.2) is 50.8 Å². The Morgan fingerprint density at radius 1 is 1.33 bits per heavy atom. The molecule has 3 aromatic rings. The Labute approximate surface area is 184 Å². The fourth-order valence-corrected chi connectivity index (χ4v) is 7.38. The highest BCUT2D eigenvalue weighted by molar-refractivity contribution is 7.99. The average Bonchev–Trinajstić information content (AvgIpc) is 3.46. The highest BCUT2D eigenvalue weighted by Crippen LogP contribution is 2.31. The van der Waals surface area contributed by atoms with Crippen molar-refractivity contribution < 1.29 is 13.2 Å². The summed E-state index contributed by atoms with van der Waals surface area (Å²) < 4.78 is 27.8. The molecule has 1 aliphatic heterocycles. The van der Waals surface area contributed by atoms with Crippen LogP contribution in [0.1, 0.15) is 41.1 Å². The molecule has 1 atom stereocenters. The first-order valence-electron chi connectivity index (χ1n) is 9.82. The summed E-state index contributed by atoms with van der Waals surface area (Å²) in [7, 11) is -2.99. The van der Waals surface area contributed by atoms with Gasteiger partial charge in [0, 0.05) is 29.5 Å². The maximum Gasteiger partial charge on any atom is 0.191 e. The number of thioether (sulfide) groups is 1. The minimum absolute atomic E-state index is 0.0172. The molecular formula is C20H24N4O3S3. The molecule has 3 aromatic heterocycles. The lowest BCUT2D eigenvalue weighted by Gasteiger charge is -2.16. The zero-order chi connectivity index (χ0) is 21.5.